The van der Waals surface area contributed by atoms with E-state index in [2.05, 4.69) is 20.6 Å². The van der Waals surface area contributed by atoms with Gasteiger partial charge in [0, 0.05) is 24.4 Å². The van der Waals surface area contributed by atoms with Crippen molar-refractivity contribution in [3.8, 4) is 0 Å². The molecule has 2 aromatic heterocycles. The lowest BCUT2D eigenvalue weighted by Gasteiger charge is -2.07. The van der Waals surface area contributed by atoms with Crippen LogP contribution < -0.4 is 10.6 Å². The maximum atomic E-state index is 11.8. The Kier molecular flexibility index (Phi) is 4.65. The average molecular weight is 270 g/mol. The number of hydrogen-bond acceptors (Lipinski definition) is 4. The van der Waals surface area contributed by atoms with E-state index < -0.39 is 0 Å². The van der Waals surface area contributed by atoms with Gasteiger partial charge in [0.15, 0.2) is 0 Å². The molecule has 0 aliphatic carbocycles. The number of nitrogens with zero attached hydrogens (tertiary/aromatic N) is 2. The van der Waals surface area contributed by atoms with Crippen LogP contribution in [0.1, 0.15) is 17.8 Å². The zero-order valence-electron chi connectivity index (χ0n) is 11.7. The first kappa shape index (κ1) is 14.0. The molecule has 1 amide bonds. The monoisotopic (exact) mass is 270 g/mol. The second-order valence-electron chi connectivity index (χ2n) is 4.55. The fourth-order valence-corrected chi connectivity index (χ4v) is 1.76. The molecule has 104 valence electrons. The quantitative estimate of drug-likeness (QED) is 0.876. The molecule has 0 bridgehead atoms. The standard InChI is InChI=1S/C15H18N4O/c1-11-5-3-7-13(17-11)16-10-9-15(20)19-14-8-4-6-12(2)18-14/h3-8H,9-10H2,1-2H3,(H,16,17)(H,18,19,20). The number of hydrogen-bond donors (Lipinski definition) is 2. The summed E-state index contributed by atoms with van der Waals surface area (Å²) in [5.74, 6) is 1.30. The minimum absolute atomic E-state index is 0.0664. The zero-order valence-corrected chi connectivity index (χ0v) is 11.7. The summed E-state index contributed by atoms with van der Waals surface area (Å²) in [4.78, 5) is 20.3. The number of carbonyl (C=O) groups is 1. The van der Waals surface area contributed by atoms with Crippen LogP contribution in [0, 0.1) is 13.8 Å². The van der Waals surface area contributed by atoms with Gasteiger partial charge in [-0.2, -0.15) is 0 Å². The van der Waals surface area contributed by atoms with E-state index in [1.807, 2.05) is 44.2 Å². The van der Waals surface area contributed by atoms with E-state index in [1.165, 1.54) is 0 Å². The average Bonchev–Trinajstić information content (AvgIpc) is 2.38. The lowest BCUT2D eigenvalue weighted by Crippen LogP contribution is -2.17. The van der Waals surface area contributed by atoms with Crippen LogP contribution in [-0.2, 0) is 4.79 Å². The van der Waals surface area contributed by atoms with Crippen molar-refractivity contribution in [3.63, 3.8) is 0 Å². The first-order valence-electron chi connectivity index (χ1n) is 6.54. The van der Waals surface area contributed by atoms with E-state index in [0.29, 0.717) is 18.8 Å². The molecule has 0 saturated carbocycles. The van der Waals surface area contributed by atoms with E-state index >= 15 is 0 Å². The summed E-state index contributed by atoms with van der Waals surface area (Å²) in [6.07, 6.45) is 0.366. The van der Waals surface area contributed by atoms with Crippen LogP contribution in [0.5, 0.6) is 0 Å². The Hall–Kier alpha value is -2.43. The first-order valence-corrected chi connectivity index (χ1v) is 6.54. The molecule has 0 unspecified atom stereocenters. The minimum Gasteiger partial charge on any atom is -0.370 e. The Bertz CT molecular complexity index is 598. The second-order valence-corrected chi connectivity index (χ2v) is 4.55. The molecule has 0 saturated heterocycles. The van der Waals surface area contributed by atoms with Gasteiger partial charge in [-0.3, -0.25) is 4.79 Å². The van der Waals surface area contributed by atoms with Crippen molar-refractivity contribution in [1.29, 1.82) is 0 Å². The first-order chi connectivity index (χ1) is 9.63. The minimum atomic E-state index is -0.0664. The molecular formula is C15H18N4O. The van der Waals surface area contributed by atoms with Crippen LogP contribution in [0.2, 0.25) is 0 Å². The summed E-state index contributed by atoms with van der Waals surface area (Å²) in [7, 11) is 0. The molecule has 2 heterocycles. The highest BCUT2D eigenvalue weighted by molar-refractivity contribution is 5.90. The van der Waals surface area contributed by atoms with E-state index in [1.54, 1.807) is 6.07 Å². The van der Waals surface area contributed by atoms with Crippen LogP contribution in [0.4, 0.5) is 11.6 Å². The summed E-state index contributed by atoms with van der Waals surface area (Å²) in [6, 6.07) is 11.3. The van der Waals surface area contributed by atoms with Crippen LogP contribution in [0.3, 0.4) is 0 Å². The van der Waals surface area contributed by atoms with Gasteiger partial charge in [0.2, 0.25) is 5.91 Å². The van der Waals surface area contributed by atoms with Gasteiger partial charge in [0.1, 0.15) is 11.6 Å². The number of carbonyl (C=O) groups excluding carboxylic acids is 1. The van der Waals surface area contributed by atoms with Gasteiger partial charge in [0.05, 0.1) is 0 Å². The molecule has 20 heavy (non-hydrogen) atoms. The fraction of sp³-hybridized carbons (Fsp3) is 0.267. The lowest BCUT2D eigenvalue weighted by molar-refractivity contribution is -0.116. The van der Waals surface area contributed by atoms with Crippen molar-refractivity contribution < 1.29 is 4.79 Å². The Morgan fingerprint density at radius 3 is 2.25 bits per heavy atom. The maximum Gasteiger partial charge on any atom is 0.227 e. The number of aryl methyl sites for hydroxylation is 2. The Labute approximate surface area is 118 Å². The van der Waals surface area contributed by atoms with E-state index in [4.69, 9.17) is 0 Å². The van der Waals surface area contributed by atoms with Crippen LogP contribution >= 0.6 is 0 Å². The van der Waals surface area contributed by atoms with Crippen molar-refractivity contribution in [1.82, 2.24) is 9.97 Å². The number of nitrogens with one attached hydrogen (secondary N) is 2. The molecule has 0 aliphatic rings. The smallest absolute Gasteiger partial charge is 0.227 e. The third kappa shape index (κ3) is 4.35. The van der Waals surface area contributed by atoms with Crippen molar-refractivity contribution in [2.24, 2.45) is 0 Å². The van der Waals surface area contributed by atoms with Gasteiger partial charge in [-0.25, -0.2) is 9.97 Å². The Balaban J connectivity index is 1.78. The summed E-state index contributed by atoms with van der Waals surface area (Å²) < 4.78 is 0. The molecule has 2 rings (SSSR count). The number of pyridine rings is 2. The number of rotatable bonds is 5. The third-order valence-corrected chi connectivity index (χ3v) is 2.70. The molecule has 0 fully saturated rings. The van der Waals surface area contributed by atoms with Crippen molar-refractivity contribution in [3.05, 3.63) is 47.8 Å². The van der Waals surface area contributed by atoms with E-state index in [-0.39, 0.29) is 5.91 Å². The lowest BCUT2D eigenvalue weighted by atomic mass is 10.3. The summed E-state index contributed by atoms with van der Waals surface area (Å²) in [5.41, 5.74) is 1.83. The summed E-state index contributed by atoms with van der Waals surface area (Å²) in [5, 5.41) is 5.89. The van der Waals surface area contributed by atoms with Crippen LogP contribution in [-0.4, -0.2) is 22.4 Å². The summed E-state index contributed by atoms with van der Waals surface area (Å²) in [6.45, 7) is 4.36. The van der Waals surface area contributed by atoms with Gasteiger partial charge in [-0.1, -0.05) is 12.1 Å². The van der Waals surface area contributed by atoms with Crippen LogP contribution in [0.25, 0.3) is 0 Å². The molecule has 0 aromatic carbocycles. The zero-order chi connectivity index (χ0) is 14.4. The molecule has 2 N–H and O–H groups in total. The van der Waals surface area contributed by atoms with Gasteiger partial charge < -0.3 is 10.6 Å². The molecule has 0 aliphatic heterocycles. The maximum absolute atomic E-state index is 11.8. The normalized spacial score (nSPS) is 10.1. The molecule has 5 heteroatoms. The van der Waals surface area contributed by atoms with Crippen molar-refractivity contribution in [2.45, 2.75) is 20.3 Å². The van der Waals surface area contributed by atoms with E-state index in [0.717, 1.165) is 17.2 Å². The Morgan fingerprint density at radius 2 is 1.60 bits per heavy atom. The van der Waals surface area contributed by atoms with Gasteiger partial charge in [0.25, 0.3) is 0 Å². The number of aromatic nitrogens is 2. The highest BCUT2D eigenvalue weighted by Crippen LogP contribution is 2.06. The molecule has 0 radical (unpaired) electrons. The predicted molar refractivity (Wildman–Crippen MR) is 79.7 cm³/mol. The second kappa shape index (κ2) is 6.65. The van der Waals surface area contributed by atoms with Crippen LogP contribution in [0.15, 0.2) is 36.4 Å². The Morgan fingerprint density at radius 1 is 1.00 bits per heavy atom. The molecular weight excluding hydrogens is 252 g/mol. The largest absolute Gasteiger partial charge is 0.370 e. The van der Waals surface area contributed by atoms with Crippen molar-refractivity contribution in [2.75, 3.05) is 17.2 Å². The predicted octanol–water partition coefficient (Wildman–Crippen LogP) is 2.53. The number of amides is 1. The summed E-state index contributed by atoms with van der Waals surface area (Å²) >= 11 is 0. The highest BCUT2D eigenvalue weighted by Gasteiger charge is 2.03. The van der Waals surface area contributed by atoms with Gasteiger partial charge in [-0.05, 0) is 38.1 Å². The molecule has 5 nitrogen and oxygen atoms in total. The van der Waals surface area contributed by atoms with Crippen molar-refractivity contribution >= 4 is 17.5 Å². The SMILES string of the molecule is Cc1cccc(NCCC(=O)Nc2cccc(C)n2)n1. The topological polar surface area (TPSA) is 66.9 Å². The molecule has 2 aromatic rings. The highest BCUT2D eigenvalue weighted by atomic mass is 16.1. The molecule has 0 spiro atoms. The third-order valence-electron chi connectivity index (χ3n) is 2.70. The van der Waals surface area contributed by atoms with Gasteiger partial charge >= 0.3 is 0 Å². The number of anilines is 2. The van der Waals surface area contributed by atoms with E-state index in [9.17, 15) is 4.79 Å². The van der Waals surface area contributed by atoms with Gasteiger partial charge in [-0.15, -0.1) is 0 Å². The molecule has 0 atom stereocenters. The fourth-order valence-electron chi connectivity index (χ4n) is 1.76.